The third-order valence-electron chi connectivity index (χ3n) is 3.85. The fraction of sp³-hybridized carbons (Fsp3) is 0.412. The second-order valence-corrected chi connectivity index (χ2v) is 5.36. The molecule has 4 nitrogen and oxygen atoms in total. The van der Waals surface area contributed by atoms with Gasteiger partial charge in [0.25, 0.3) is 0 Å². The first-order chi connectivity index (χ1) is 10.3. The van der Waals surface area contributed by atoms with Crippen LogP contribution in [0.2, 0.25) is 0 Å². The van der Waals surface area contributed by atoms with Crippen molar-refractivity contribution >= 4 is 5.82 Å². The van der Waals surface area contributed by atoms with E-state index in [9.17, 15) is 0 Å². The fourth-order valence-corrected chi connectivity index (χ4v) is 2.67. The molecular formula is C17H21N3O. The van der Waals surface area contributed by atoms with Gasteiger partial charge in [-0.3, -0.25) is 0 Å². The van der Waals surface area contributed by atoms with Crippen molar-refractivity contribution in [3.63, 3.8) is 0 Å². The molecule has 1 atom stereocenters. The topological polar surface area (TPSA) is 47.0 Å². The maximum Gasteiger partial charge on any atom is 0.136 e. The number of hydrogen-bond donors (Lipinski definition) is 1. The predicted octanol–water partition coefficient (Wildman–Crippen LogP) is 3.39. The average Bonchev–Trinajstić information content (AvgIpc) is 3.05. The van der Waals surface area contributed by atoms with Gasteiger partial charge in [0.2, 0.25) is 0 Å². The van der Waals surface area contributed by atoms with E-state index in [1.165, 1.54) is 0 Å². The molecule has 1 aromatic heterocycles. The van der Waals surface area contributed by atoms with Gasteiger partial charge in [0.05, 0.1) is 12.3 Å². The predicted molar refractivity (Wildman–Crippen MR) is 84.5 cm³/mol. The van der Waals surface area contributed by atoms with Crippen LogP contribution in [0.4, 0.5) is 5.82 Å². The number of benzene rings is 1. The summed E-state index contributed by atoms with van der Waals surface area (Å²) in [5, 5.41) is 3.36. The molecule has 0 radical (unpaired) electrons. The van der Waals surface area contributed by atoms with Crippen molar-refractivity contribution in [1.82, 2.24) is 9.97 Å². The minimum Gasteiger partial charge on any atom is -0.381 e. The Kier molecular flexibility index (Phi) is 4.15. The highest BCUT2D eigenvalue weighted by Gasteiger charge is 2.23. The number of ether oxygens (including phenoxy) is 1. The molecule has 1 unspecified atom stereocenters. The second kappa shape index (κ2) is 6.22. The molecule has 3 rings (SSSR count). The summed E-state index contributed by atoms with van der Waals surface area (Å²) in [6.07, 6.45) is 1.00. The number of anilines is 1. The molecule has 0 bridgehead atoms. The van der Waals surface area contributed by atoms with Crippen LogP contribution in [0.3, 0.4) is 0 Å². The molecule has 2 heterocycles. The minimum absolute atomic E-state index is 0.311. The smallest absolute Gasteiger partial charge is 0.136 e. The molecule has 0 amide bonds. The number of nitrogens with zero attached hydrogens (tertiary/aromatic N) is 2. The Labute approximate surface area is 125 Å². The fourth-order valence-electron chi connectivity index (χ4n) is 2.67. The van der Waals surface area contributed by atoms with E-state index in [-0.39, 0.29) is 0 Å². The van der Waals surface area contributed by atoms with Gasteiger partial charge in [-0.2, -0.15) is 0 Å². The van der Waals surface area contributed by atoms with Crippen molar-refractivity contribution in [2.75, 3.05) is 25.1 Å². The summed E-state index contributed by atoms with van der Waals surface area (Å²) in [5.41, 5.74) is 3.26. The van der Waals surface area contributed by atoms with Crippen molar-refractivity contribution in [2.24, 2.45) is 0 Å². The van der Waals surface area contributed by atoms with Gasteiger partial charge in [0.1, 0.15) is 11.6 Å². The Morgan fingerprint density at radius 2 is 2.05 bits per heavy atom. The first-order valence-corrected chi connectivity index (χ1v) is 7.55. The van der Waals surface area contributed by atoms with Crippen LogP contribution < -0.4 is 5.32 Å². The summed E-state index contributed by atoms with van der Waals surface area (Å²) in [5.74, 6) is 2.15. The number of hydrogen-bond acceptors (Lipinski definition) is 4. The first-order valence-electron chi connectivity index (χ1n) is 7.55. The monoisotopic (exact) mass is 283 g/mol. The van der Waals surface area contributed by atoms with Crippen LogP contribution >= 0.6 is 0 Å². The average molecular weight is 283 g/mol. The lowest BCUT2D eigenvalue weighted by Crippen LogP contribution is -2.11. The normalized spacial score (nSPS) is 17.9. The number of nitrogens with one attached hydrogen (secondary N) is 1. The second-order valence-electron chi connectivity index (χ2n) is 5.36. The molecule has 2 aromatic rings. The Morgan fingerprint density at radius 3 is 2.71 bits per heavy atom. The van der Waals surface area contributed by atoms with Crippen LogP contribution in [-0.2, 0) is 4.74 Å². The molecule has 1 aromatic carbocycles. The highest BCUT2D eigenvalue weighted by Crippen LogP contribution is 2.30. The summed E-state index contributed by atoms with van der Waals surface area (Å²) in [6.45, 7) is 6.55. The lowest BCUT2D eigenvalue weighted by molar-refractivity contribution is 0.193. The van der Waals surface area contributed by atoms with Crippen LogP contribution in [0.5, 0.6) is 0 Å². The van der Waals surface area contributed by atoms with Gasteiger partial charge in [0.15, 0.2) is 0 Å². The van der Waals surface area contributed by atoms with E-state index in [2.05, 4.69) is 31.3 Å². The molecule has 1 aliphatic heterocycles. The highest BCUT2D eigenvalue weighted by atomic mass is 16.5. The molecule has 1 N–H and O–H groups in total. The quantitative estimate of drug-likeness (QED) is 0.934. The van der Waals surface area contributed by atoms with Gasteiger partial charge in [0, 0.05) is 30.2 Å². The van der Waals surface area contributed by atoms with E-state index in [1.807, 2.05) is 18.2 Å². The zero-order valence-corrected chi connectivity index (χ0v) is 12.6. The van der Waals surface area contributed by atoms with Crippen LogP contribution in [0.15, 0.2) is 30.3 Å². The molecule has 0 aliphatic carbocycles. The molecule has 4 heteroatoms. The zero-order valence-electron chi connectivity index (χ0n) is 12.6. The van der Waals surface area contributed by atoms with E-state index in [0.29, 0.717) is 5.92 Å². The van der Waals surface area contributed by atoms with E-state index in [0.717, 1.165) is 54.6 Å². The Balaban J connectivity index is 2.08. The lowest BCUT2D eigenvalue weighted by Gasteiger charge is -2.15. The maximum atomic E-state index is 5.49. The van der Waals surface area contributed by atoms with Crippen LogP contribution in [0.25, 0.3) is 11.3 Å². The number of rotatable bonds is 4. The lowest BCUT2D eigenvalue weighted by atomic mass is 10.0. The van der Waals surface area contributed by atoms with E-state index < -0.39 is 0 Å². The largest absolute Gasteiger partial charge is 0.381 e. The molecule has 1 fully saturated rings. The first kappa shape index (κ1) is 14.0. The van der Waals surface area contributed by atoms with Crippen LogP contribution in [0, 0.1) is 6.92 Å². The van der Waals surface area contributed by atoms with Crippen molar-refractivity contribution in [3.8, 4) is 11.3 Å². The zero-order chi connectivity index (χ0) is 14.7. The molecule has 1 saturated heterocycles. The standard InChI is InChI=1S/C17H21N3O/c1-3-18-16-12(2)15(13-7-5-4-6-8-13)19-17(20-16)14-9-10-21-11-14/h4-8,14H,3,9-11H2,1-2H3,(H,18,19,20). The van der Waals surface area contributed by atoms with Crippen LogP contribution in [0.1, 0.15) is 30.7 Å². The molecule has 21 heavy (non-hydrogen) atoms. The summed E-state index contributed by atoms with van der Waals surface area (Å²) < 4.78 is 5.49. The van der Waals surface area contributed by atoms with E-state index in [4.69, 9.17) is 14.7 Å². The van der Waals surface area contributed by atoms with Gasteiger partial charge < -0.3 is 10.1 Å². The Hall–Kier alpha value is -1.94. The van der Waals surface area contributed by atoms with E-state index in [1.54, 1.807) is 0 Å². The molecule has 110 valence electrons. The highest BCUT2D eigenvalue weighted by molar-refractivity contribution is 5.68. The third-order valence-corrected chi connectivity index (χ3v) is 3.85. The summed E-state index contributed by atoms with van der Waals surface area (Å²) >= 11 is 0. The van der Waals surface area contributed by atoms with E-state index >= 15 is 0 Å². The summed E-state index contributed by atoms with van der Waals surface area (Å²) in [4.78, 5) is 9.56. The van der Waals surface area contributed by atoms with Gasteiger partial charge in [-0.15, -0.1) is 0 Å². The van der Waals surface area contributed by atoms with Gasteiger partial charge in [-0.25, -0.2) is 9.97 Å². The molecule has 0 spiro atoms. The van der Waals surface area contributed by atoms with Crippen molar-refractivity contribution < 1.29 is 4.74 Å². The molecular weight excluding hydrogens is 262 g/mol. The minimum atomic E-state index is 0.311. The van der Waals surface area contributed by atoms with Crippen molar-refractivity contribution in [1.29, 1.82) is 0 Å². The Morgan fingerprint density at radius 1 is 1.24 bits per heavy atom. The Bertz CT molecular complexity index is 607. The maximum absolute atomic E-state index is 5.49. The van der Waals surface area contributed by atoms with Gasteiger partial charge in [-0.05, 0) is 20.3 Å². The van der Waals surface area contributed by atoms with Gasteiger partial charge >= 0.3 is 0 Å². The van der Waals surface area contributed by atoms with Gasteiger partial charge in [-0.1, -0.05) is 30.3 Å². The molecule has 1 aliphatic rings. The number of aromatic nitrogens is 2. The SMILES string of the molecule is CCNc1nc(C2CCOC2)nc(-c2ccccc2)c1C. The summed E-state index contributed by atoms with van der Waals surface area (Å²) in [6, 6.07) is 10.3. The molecule has 0 saturated carbocycles. The van der Waals surface area contributed by atoms with Crippen molar-refractivity contribution in [3.05, 3.63) is 41.7 Å². The van der Waals surface area contributed by atoms with Crippen molar-refractivity contribution in [2.45, 2.75) is 26.2 Å². The third kappa shape index (κ3) is 2.90. The summed E-state index contributed by atoms with van der Waals surface area (Å²) in [7, 11) is 0. The van der Waals surface area contributed by atoms with Crippen LogP contribution in [-0.4, -0.2) is 29.7 Å².